The quantitative estimate of drug-likeness (QED) is 0.126. The summed E-state index contributed by atoms with van der Waals surface area (Å²) in [6.07, 6.45) is 0. The number of quaternary nitrogens is 1. The highest BCUT2D eigenvalue weighted by Crippen LogP contribution is 1.95. The van der Waals surface area contributed by atoms with Crippen molar-refractivity contribution < 1.29 is 42.6 Å². The number of hydrogen-bond acceptors (Lipinski definition) is 11. The minimum Gasteiger partial charge on any atom is -0.461 e. The van der Waals surface area contributed by atoms with Gasteiger partial charge in [-0.05, 0) is 55.9 Å². The first-order valence-electron chi connectivity index (χ1n) is 13.7. The highest BCUT2D eigenvalue weighted by molar-refractivity contribution is 5.88. The number of likely N-dealkylation sites (N-methyl/N-ethyl adjacent to an activating group) is 3. The molecule has 0 aliphatic rings. The Hall–Kier alpha value is -3.32. The van der Waals surface area contributed by atoms with Crippen molar-refractivity contribution in [3.8, 4) is 0 Å². The van der Waals surface area contributed by atoms with Crippen LogP contribution in [0.1, 0.15) is 27.7 Å². The second kappa shape index (κ2) is 27.5. The molecule has 0 heterocycles. The number of esters is 4. The molecule has 43 heavy (non-hydrogen) atoms. The van der Waals surface area contributed by atoms with Crippen molar-refractivity contribution in [2.24, 2.45) is 5.73 Å². The topological polar surface area (TPSA) is 138 Å². The maximum atomic E-state index is 10.9. The fourth-order valence-corrected chi connectivity index (χ4v) is 1.70. The Kier molecular flexibility index (Phi) is 29.8. The van der Waals surface area contributed by atoms with E-state index < -0.39 is 0 Å². The van der Waals surface area contributed by atoms with E-state index in [1.807, 2.05) is 38.0 Å². The summed E-state index contributed by atoms with van der Waals surface area (Å²) in [7, 11) is 13.9. The van der Waals surface area contributed by atoms with Crippen LogP contribution in [0.3, 0.4) is 0 Å². The molecular formula is C31H59N4O8+. The van der Waals surface area contributed by atoms with Crippen LogP contribution in [-0.2, 0) is 38.1 Å². The number of nitrogens with zero attached hydrogens (tertiary/aromatic N) is 3. The molecule has 0 saturated carbocycles. The summed E-state index contributed by atoms with van der Waals surface area (Å²) in [5, 5.41) is 0. The summed E-state index contributed by atoms with van der Waals surface area (Å²) < 4.78 is 20.0. The van der Waals surface area contributed by atoms with E-state index in [9.17, 15) is 19.2 Å². The van der Waals surface area contributed by atoms with E-state index in [4.69, 9.17) is 19.9 Å². The zero-order chi connectivity index (χ0) is 34.8. The van der Waals surface area contributed by atoms with Gasteiger partial charge in [-0.25, -0.2) is 19.2 Å². The van der Waals surface area contributed by atoms with E-state index >= 15 is 0 Å². The van der Waals surface area contributed by atoms with Crippen molar-refractivity contribution in [1.82, 2.24) is 9.80 Å². The summed E-state index contributed by atoms with van der Waals surface area (Å²) >= 11 is 0. The lowest BCUT2D eigenvalue weighted by atomic mass is 10.4. The van der Waals surface area contributed by atoms with Gasteiger partial charge in [0, 0.05) is 41.9 Å². The van der Waals surface area contributed by atoms with Gasteiger partial charge in [0.25, 0.3) is 0 Å². The first-order chi connectivity index (χ1) is 19.6. The van der Waals surface area contributed by atoms with E-state index in [1.165, 1.54) is 0 Å². The first-order valence-corrected chi connectivity index (χ1v) is 13.7. The van der Waals surface area contributed by atoms with Crippen molar-refractivity contribution in [2.75, 3.05) is 102 Å². The molecule has 0 fully saturated rings. The predicted molar refractivity (Wildman–Crippen MR) is 172 cm³/mol. The molecule has 250 valence electrons. The number of carbonyl (C=O) groups excluding carboxylic acids is 4. The molecule has 0 saturated heterocycles. The van der Waals surface area contributed by atoms with Crippen LogP contribution in [-0.4, -0.2) is 140 Å². The molecule has 0 bridgehead atoms. The smallest absolute Gasteiger partial charge is 0.333 e. The number of carbonyl (C=O) groups is 4. The van der Waals surface area contributed by atoms with E-state index in [2.05, 4.69) is 52.2 Å². The van der Waals surface area contributed by atoms with Gasteiger partial charge in [0.15, 0.2) is 0 Å². The maximum Gasteiger partial charge on any atom is 0.333 e. The third-order valence-corrected chi connectivity index (χ3v) is 4.28. The fourth-order valence-electron chi connectivity index (χ4n) is 1.70. The maximum absolute atomic E-state index is 10.9. The zero-order valence-electron chi connectivity index (χ0n) is 28.7. The Bertz CT molecular complexity index is 855. The minimum absolute atomic E-state index is 0.270. The molecule has 0 aromatic heterocycles. The molecule has 2 N–H and O–H groups in total. The van der Waals surface area contributed by atoms with Crippen molar-refractivity contribution in [1.29, 1.82) is 0 Å². The lowest BCUT2D eigenvalue weighted by molar-refractivity contribution is -0.870. The average molecular weight is 616 g/mol. The molecule has 0 aliphatic carbocycles. The number of hydrogen-bond donors (Lipinski definition) is 1. The van der Waals surface area contributed by atoms with E-state index in [1.54, 1.807) is 27.7 Å². The van der Waals surface area contributed by atoms with Crippen molar-refractivity contribution in [3.63, 3.8) is 0 Å². The lowest BCUT2D eigenvalue weighted by Crippen LogP contribution is -2.38. The van der Waals surface area contributed by atoms with Gasteiger partial charge in [-0.2, -0.15) is 0 Å². The number of rotatable bonds is 15. The second-order valence-corrected chi connectivity index (χ2v) is 11.1. The molecule has 0 atom stereocenters. The molecule has 0 aromatic carbocycles. The average Bonchev–Trinajstić information content (AvgIpc) is 2.86. The molecule has 0 radical (unpaired) electrons. The lowest BCUT2D eigenvalue weighted by Gasteiger charge is -2.23. The molecule has 0 aromatic rings. The van der Waals surface area contributed by atoms with E-state index in [-0.39, 0.29) is 30.5 Å². The summed E-state index contributed by atoms with van der Waals surface area (Å²) in [5.41, 5.74) is 6.83. The Morgan fingerprint density at radius 1 is 0.558 bits per heavy atom. The molecular weight excluding hydrogens is 556 g/mol. The summed E-state index contributed by atoms with van der Waals surface area (Å²) in [5.74, 6) is -1.30. The molecule has 0 amide bonds. The normalized spacial score (nSPS) is 9.91. The van der Waals surface area contributed by atoms with Crippen LogP contribution in [0.4, 0.5) is 0 Å². The van der Waals surface area contributed by atoms with Gasteiger partial charge < -0.3 is 39.0 Å². The van der Waals surface area contributed by atoms with Crippen LogP contribution >= 0.6 is 0 Å². The van der Waals surface area contributed by atoms with Crippen LogP contribution in [0, 0.1) is 0 Å². The Morgan fingerprint density at radius 2 is 0.814 bits per heavy atom. The monoisotopic (exact) mass is 615 g/mol. The summed E-state index contributed by atoms with van der Waals surface area (Å²) in [6.45, 7) is 24.6. The molecule has 0 unspecified atom stereocenters. The fraction of sp³-hybridized carbons (Fsp3) is 0.613. The van der Waals surface area contributed by atoms with E-state index in [0.717, 1.165) is 24.1 Å². The Morgan fingerprint density at radius 3 is 1.02 bits per heavy atom. The van der Waals surface area contributed by atoms with Crippen molar-refractivity contribution in [2.45, 2.75) is 27.7 Å². The standard InChI is InChI=1S/C9H18NO2.2C8H15NO2.C6H11NO2/c1-8(2)9(11)12-7-6-10(3,4)5;2*1-7(2)8(10)11-6-5-9(3)4;1-5(2)6(8)9-4-3-7/h1,6-7H2,2-5H3;2*1,5-6H2,2-4H3;1,3-4,7H2,2H3/q+1;;;. The molecule has 12 heteroatoms. The van der Waals surface area contributed by atoms with Crippen LogP contribution in [0.5, 0.6) is 0 Å². The highest BCUT2D eigenvalue weighted by atomic mass is 16.5. The third kappa shape index (κ3) is 40.9. The van der Waals surface area contributed by atoms with Gasteiger partial charge in [-0.15, -0.1) is 0 Å². The zero-order valence-corrected chi connectivity index (χ0v) is 28.7. The molecule has 12 nitrogen and oxygen atoms in total. The Balaban J connectivity index is -0.000000237. The molecule has 0 aliphatic heterocycles. The van der Waals surface area contributed by atoms with Gasteiger partial charge in [0.2, 0.25) is 0 Å². The van der Waals surface area contributed by atoms with Gasteiger partial charge in [0.1, 0.15) is 33.0 Å². The van der Waals surface area contributed by atoms with Crippen LogP contribution in [0.25, 0.3) is 0 Å². The van der Waals surface area contributed by atoms with Crippen LogP contribution < -0.4 is 5.73 Å². The number of nitrogens with two attached hydrogens (primary N) is 1. The van der Waals surface area contributed by atoms with Crippen LogP contribution in [0.2, 0.25) is 0 Å². The molecule has 0 spiro atoms. The SMILES string of the molecule is C=C(C)C(=O)OCCN.C=C(C)C(=O)OCCN(C)C.C=C(C)C(=O)OCCN(C)C.C=C(C)C(=O)OCC[N+](C)(C)C. The van der Waals surface area contributed by atoms with Gasteiger partial charge in [0.05, 0.1) is 21.1 Å². The third-order valence-electron chi connectivity index (χ3n) is 4.28. The second-order valence-electron chi connectivity index (χ2n) is 11.1. The van der Waals surface area contributed by atoms with Gasteiger partial charge in [-0.1, -0.05) is 26.3 Å². The summed E-state index contributed by atoms with van der Waals surface area (Å²) in [6, 6.07) is 0. The van der Waals surface area contributed by atoms with Crippen LogP contribution in [0.15, 0.2) is 48.6 Å². The van der Waals surface area contributed by atoms with Crippen molar-refractivity contribution >= 4 is 23.9 Å². The highest BCUT2D eigenvalue weighted by Gasteiger charge is 2.09. The Labute approximate surface area is 260 Å². The first kappa shape index (κ1) is 46.6. The van der Waals surface area contributed by atoms with Crippen molar-refractivity contribution in [3.05, 3.63) is 48.6 Å². The summed E-state index contributed by atoms with van der Waals surface area (Å²) in [4.78, 5) is 46.9. The molecule has 0 rings (SSSR count). The van der Waals surface area contributed by atoms with Gasteiger partial charge in [-0.3, -0.25) is 0 Å². The van der Waals surface area contributed by atoms with E-state index in [0.29, 0.717) is 48.7 Å². The van der Waals surface area contributed by atoms with Gasteiger partial charge >= 0.3 is 23.9 Å². The minimum atomic E-state index is -0.375. The largest absolute Gasteiger partial charge is 0.461 e. The predicted octanol–water partition coefficient (Wildman–Crippen LogP) is 2.21. The number of ether oxygens (including phenoxy) is 4.